The van der Waals surface area contributed by atoms with Gasteiger partial charge in [0.25, 0.3) is 0 Å². The van der Waals surface area contributed by atoms with Gasteiger partial charge in [0.05, 0.1) is 17.6 Å². The van der Waals surface area contributed by atoms with Crippen LogP contribution in [0.4, 0.5) is 0 Å². The van der Waals surface area contributed by atoms with E-state index in [-0.39, 0.29) is 5.91 Å². The smallest absolute Gasteiger partial charge is 0.246 e. The van der Waals surface area contributed by atoms with Crippen LogP contribution in [0.1, 0.15) is 50.4 Å². The van der Waals surface area contributed by atoms with Crippen LogP contribution in [0.2, 0.25) is 5.02 Å². The Morgan fingerprint density at radius 3 is 2.73 bits per heavy atom. The molecule has 2 aromatic carbocycles. The summed E-state index contributed by atoms with van der Waals surface area (Å²) >= 11 is 6.08. The van der Waals surface area contributed by atoms with Crippen LogP contribution in [0, 0.1) is 6.92 Å². The number of benzene rings is 2. The van der Waals surface area contributed by atoms with Crippen LogP contribution in [-0.2, 0) is 17.8 Å². The molecule has 0 aliphatic carbocycles. The minimum Gasteiger partial charge on any atom is -0.494 e. The topological polar surface area (TPSA) is 56.2 Å². The van der Waals surface area contributed by atoms with Crippen LogP contribution < -0.4 is 10.1 Å². The van der Waals surface area contributed by atoms with Gasteiger partial charge in [-0.15, -0.1) is 0 Å². The third-order valence-corrected chi connectivity index (χ3v) is 6.08. The number of unbranched alkanes of at least 4 members (excludes halogenated alkanes) is 3. The number of aromatic nitrogens is 2. The van der Waals surface area contributed by atoms with Gasteiger partial charge in [0, 0.05) is 30.1 Å². The third kappa shape index (κ3) is 7.36. The standard InChI is InChI=1S/C27H34ClN3O2/c1-20(2)27(32)29-16-8-4-5-13-26-30-24-11-6-7-12-25(24)31(26)17-9-10-18-33-22-14-15-23(28)21(3)19-22/h6-7,11-12,14-15,19H,1,4-5,8-10,13,16-18H2,2-3H3,(H,29,32). The second kappa shape index (κ2) is 12.4. The molecule has 0 saturated heterocycles. The van der Waals surface area contributed by atoms with Gasteiger partial charge in [0.15, 0.2) is 0 Å². The van der Waals surface area contributed by atoms with E-state index in [0.29, 0.717) is 18.7 Å². The Balaban J connectivity index is 1.47. The van der Waals surface area contributed by atoms with Crippen LogP contribution in [-0.4, -0.2) is 28.6 Å². The van der Waals surface area contributed by atoms with Gasteiger partial charge in [0.2, 0.25) is 5.91 Å². The van der Waals surface area contributed by atoms with Crippen molar-refractivity contribution in [1.29, 1.82) is 0 Å². The first-order valence-corrected chi connectivity index (χ1v) is 12.1. The molecule has 0 atom stereocenters. The first kappa shape index (κ1) is 24.8. The molecule has 0 unspecified atom stereocenters. The quantitative estimate of drug-likeness (QED) is 0.238. The Morgan fingerprint density at radius 1 is 1.12 bits per heavy atom. The monoisotopic (exact) mass is 467 g/mol. The van der Waals surface area contributed by atoms with E-state index >= 15 is 0 Å². The molecule has 1 heterocycles. The fourth-order valence-electron chi connectivity index (χ4n) is 3.77. The Kier molecular flexibility index (Phi) is 9.37. The summed E-state index contributed by atoms with van der Waals surface area (Å²) in [6, 6.07) is 14.1. The number of ether oxygens (including phenoxy) is 1. The summed E-state index contributed by atoms with van der Waals surface area (Å²) in [6.45, 7) is 9.67. The van der Waals surface area contributed by atoms with Crippen LogP contribution >= 0.6 is 11.6 Å². The van der Waals surface area contributed by atoms with Gasteiger partial charge in [-0.2, -0.15) is 0 Å². The van der Waals surface area contributed by atoms with Gasteiger partial charge in [-0.1, -0.05) is 36.7 Å². The molecule has 0 spiro atoms. The van der Waals surface area contributed by atoms with E-state index < -0.39 is 0 Å². The lowest BCUT2D eigenvalue weighted by atomic mass is 10.2. The molecule has 0 bridgehead atoms. The summed E-state index contributed by atoms with van der Waals surface area (Å²) in [4.78, 5) is 16.4. The highest BCUT2D eigenvalue weighted by molar-refractivity contribution is 6.31. The lowest BCUT2D eigenvalue weighted by Crippen LogP contribution is -2.24. The lowest BCUT2D eigenvalue weighted by molar-refractivity contribution is -0.117. The van der Waals surface area contributed by atoms with Gasteiger partial charge in [-0.05, 0) is 75.4 Å². The normalized spacial score (nSPS) is 11.0. The summed E-state index contributed by atoms with van der Waals surface area (Å²) in [5.74, 6) is 1.94. The zero-order valence-corrected chi connectivity index (χ0v) is 20.5. The number of fused-ring (bicyclic) bond motifs is 1. The highest BCUT2D eigenvalue weighted by atomic mass is 35.5. The SMILES string of the molecule is C=C(C)C(=O)NCCCCCc1nc2ccccc2n1CCCCOc1ccc(Cl)c(C)c1. The molecule has 1 amide bonds. The number of aryl methyl sites for hydroxylation is 3. The first-order valence-electron chi connectivity index (χ1n) is 11.7. The van der Waals surface area contributed by atoms with Crippen molar-refractivity contribution in [2.75, 3.05) is 13.2 Å². The Labute approximate surface area is 201 Å². The molecule has 0 aliphatic rings. The molecule has 0 fully saturated rings. The molecule has 33 heavy (non-hydrogen) atoms. The Bertz CT molecular complexity index is 1090. The highest BCUT2D eigenvalue weighted by Gasteiger charge is 2.10. The number of imidazole rings is 1. The number of para-hydroxylation sites is 2. The average molecular weight is 468 g/mol. The average Bonchev–Trinajstić information content (AvgIpc) is 3.15. The van der Waals surface area contributed by atoms with Crippen molar-refractivity contribution in [3.05, 3.63) is 71.0 Å². The van der Waals surface area contributed by atoms with Crippen LogP contribution in [0.5, 0.6) is 5.75 Å². The van der Waals surface area contributed by atoms with Crippen molar-refractivity contribution in [1.82, 2.24) is 14.9 Å². The van der Waals surface area contributed by atoms with Gasteiger partial charge in [-0.25, -0.2) is 4.98 Å². The number of nitrogens with one attached hydrogen (secondary N) is 1. The molecule has 176 valence electrons. The van der Waals surface area contributed by atoms with Crippen LogP contribution in [0.25, 0.3) is 11.0 Å². The number of rotatable bonds is 13. The first-order chi connectivity index (χ1) is 16.0. The largest absolute Gasteiger partial charge is 0.494 e. The number of nitrogens with zero attached hydrogens (tertiary/aromatic N) is 2. The lowest BCUT2D eigenvalue weighted by Gasteiger charge is -2.11. The number of halogens is 1. The predicted octanol–water partition coefficient (Wildman–Crippen LogP) is 6.26. The Hall–Kier alpha value is -2.79. The molecular weight excluding hydrogens is 434 g/mol. The molecule has 1 N–H and O–H groups in total. The summed E-state index contributed by atoms with van der Waals surface area (Å²) in [5, 5.41) is 3.66. The fourth-order valence-corrected chi connectivity index (χ4v) is 3.89. The maximum absolute atomic E-state index is 11.6. The number of carbonyl (C=O) groups excluding carboxylic acids is 1. The zero-order valence-electron chi connectivity index (χ0n) is 19.7. The predicted molar refractivity (Wildman–Crippen MR) is 136 cm³/mol. The van der Waals surface area contributed by atoms with Crippen molar-refractivity contribution in [3.63, 3.8) is 0 Å². The van der Waals surface area contributed by atoms with Crippen LogP contribution in [0.15, 0.2) is 54.6 Å². The molecule has 6 heteroatoms. The molecule has 3 rings (SSSR count). The molecule has 0 radical (unpaired) electrons. The molecule has 0 aliphatic heterocycles. The van der Waals surface area contributed by atoms with E-state index in [1.54, 1.807) is 6.92 Å². The Morgan fingerprint density at radius 2 is 1.94 bits per heavy atom. The second-order valence-corrected chi connectivity index (χ2v) is 8.89. The van der Waals surface area contributed by atoms with Gasteiger partial charge < -0.3 is 14.6 Å². The minimum atomic E-state index is -0.0630. The summed E-state index contributed by atoms with van der Waals surface area (Å²) in [5.41, 5.74) is 3.82. The van der Waals surface area contributed by atoms with Crippen molar-refractivity contribution in [2.24, 2.45) is 0 Å². The maximum Gasteiger partial charge on any atom is 0.246 e. The maximum atomic E-state index is 11.6. The molecule has 0 saturated carbocycles. The van der Waals surface area contributed by atoms with Crippen LogP contribution in [0.3, 0.4) is 0 Å². The zero-order chi connectivity index (χ0) is 23.6. The number of hydrogen-bond donors (Lipinski definition) is 1. The van der Waals surface area contributed by atoms with Crippen molar-refractivity contribution >= 4 is 28.5 Å². The molecule has 5 nitrogen and oxygen atoms in total. The molecular formula is C27H34ClN3O2. The van der Waals surface area contributed by atoms with Crippen molar-refractivity contribution in [3.8, 4) is 5.75 Å². The molecule has 3 aromatic rings. The summed E-state index contributed by atoms with van der Waals surface area (Å²) in [7, 11) is 0. The number of hydrogen-bond acceptors (Lipinski definition) is 3. The van der Waals surface area contributed by atoms with E-state index in [4.69, 9.17) is 21.3 Å². The van der Waals surface area contributed by atoms with E-state index in [1.807, 2.05) is 31.2 Å². The molecule has 1 aromatic heterocycles. The van der Waals surface area contributed by atoms with E-state index in [0.717, 1.165) is 72.7 Å². The van der Waals surface area contributed by atoms with Crippen molar-refractivity contribution in [2.45, 2.75) is 58.9 Å². The number of amides is 1. The van der Waals surface area contributed by atoms with Crippen molar-refractivity contribution < 1.29 is 9.53 Å². The summed E-state index contributed by atoms with van der Waals surface area (Å²) in [6.07, 6.45) is 5.98. The summed E-state index contributed by atoms with van der Waals surface area (Å²) < 4.78 is 8.25. The fraction of sp³-hybridized carbons (Fsp3) is 0.407. The van der Waals surface area contributed by atoms with E-state index in [2.05, 4.69) is 34.7 Å². The van der Waals surface area contributed by atoms with Gasteiger partial charge >= 0.3 is 0 Å². The van der Waals surface area contributed by atoms with Gasteiger partial charge in [-0.3, -0.25) is 4.79 Å². The second-order valence-electron chi connectivity index (χ2n) is 8.48. The van der Waals surface area contributed by atoms with E-state index in [9.17, 15) is 4.79 Å². The van der Waals surface area contributed by atoms with Gasteiger partial charge in [0.1, 0.15) is 11.6 Å². The minimum absolute atomic E-state index is 0.0630. The third-order valence-electron chi connectivity index (χ3n) is 5.66. The van der Waals surface area contributed by atoms with E-state index in [1.165, 1.54) is 5.52 Å². The highest BCUT2D eigenvalue weighted by Crippen LogP contribution is 2.22. The number of carbonyl (C=O) groups is 1.